The molecule has 1 N–H and O–H groups in total. The quantitative estimate of drug-likeness (QED) is 0.744. The highest BCUT2D eigenvalue weighted by Gasteiger charge is 2.42. The average molecular weight is 461 g/mol. The number of benzene rings is 2. The van der Waals surface area contributed by atoms with Gasteiger partial charge in [-0.05, 0) is 30.5 Å². The van der Waals surface area contributed by atoms with Crippen LogP contribution in [0.3, 0.4) is 0 Å². The van der Waals surface area contributed by atoms with Crippen molar-refractivity contribution < 1.29 is 31.1 Å². The van der Waals surface area contributed by atoms with Gasteiger partial charge in [-0.25, -0.2) is 8.42 Å². The summed E-state index contributed by atoms with van der Waals surface area (Å²) in [6.07, 6.45) is -3.95. The minimum absolute atomic E-state index is 0.0597. The van der Waals surface area contributed by atoms with Crippen LogP contribution in [0, 0.1) is 0 Å². The standard InChI is InChI=1S/C19H16ClF3N2O4S/c20-13-8-14-16(29-10-18(26)24-14)9-17(13)30(27,28)25-7-3-6-15(25)11-4-1-2-5-12(11)19(21,22)23/h1-2,4-5,8-9,15H,3,6-7,10H2,(H,24,26). The van der Waals surface area contributed by atoms with Crippen molar-refractivity contribution >= 4 is 33.2 Å². The number of carbonyl (C=O) groups is 1. The maximum absolute atomic E-state index is 13.5. The minimum atomic E-state index is -4.61. The lowest BCUT2D eigenvalue weighted by molar-refractivity contribution is -0.138. The Balaban J connectivity index is 1.76. The van der Waals surface area contributed by atoms with Crippen LogP contribution in [-0.2, 0) is 21.0 Å². The van der Waals surface area contributed by atoms with Crippen molar-refractivity contribution in [3.05, 3.63) is 52.5 Å². The molecular weight excluding hydrogens is 445 g/mol. The summed E-state index contributed by atoms with van der Waals surface area (Å²) in [5.41, 5.74) is -0.723. The fourth-order valence-electron chi connectivity index (χ4n) is 3.79. The second-order valence-electron chi connectivity index (χ2n) is 6.97. The van der Waals surface area contributed by atoms with E-state index in [9.17, 15) is 26.4 Å². The maximum Gasteiger partial charge on any atom is 0.416 e. The first-order chi connectivity index (χ1) is 14.1. The third-order valence-electron chi connectivity index (χ3n) is 5.08. The van der Waals surface area contributed by atoms with Crippen LogP contribution in [0.5, 0.6) is 5.75 Å². The molecule has 0 bridgehead atoms. The molecule has 1 saturated heterocycles. The number of fused-ring (bicyclic) bond motifs is 1. The van der Waals surface area contributed by atoms with E-state index < -0.39 is 33.7 Å². The molecule has 11 heteroatoms. The molecule has 1 amide bonds. The number of hydrogen-bond acceptors (Lipinski definition) is 4. The van der Waals surface area contributed by atoms with Crippen LogP contribution < -0.4 is 10.1 Å². The summed E-state index contributed by atoms with van der Waals surface area (Å²) < 4.78 is 73.5. The van der Waals surface area contributed by atoms with Crippen LogP contribution in [-0.4, -0.2) is 31.8 Å². The fourth-order valence-corrected chi connectivity index (χ4v) is 5.98. The average Bonchev–Trinajstić information content (AvgIpc) is 3.17. The van der Waals surface area contributed by atoms with Crippen LogP contribution >= 0.6 is 11.6 Å². The monoisotopic (exact) mass is 460 g/mol. The largest absolute Gasteiger partial charge is 0.482 e. The first kappa shape index (κ1) is 21.0. The lowest BCUT2D eigenvalue weighted by Crippen LogP contribution is -2.32. The van der Waals surface area contributed by atoms with Crippen molar-refractivity contribution in [2.45, 2.75) is 30.0 Å². The van der Waals surface area contributed by atoms with Gasteiger partial charge in [0.25, 0.3) is 5.91 Å². The van der Waals surface area contributed by atoms with Crippen molar-refractivity contribution in [2.24, 2.45) is 0 Å². The summed E-state index contributed by atoms with van der Waals surface area (Å²) in [5.74, 6) is -0.276. The summed E-state index contributed by atoms with van der Waals surface area (Å²) >= 11 is 6.18. The summed E-state index contributed by atoms with van der Waals surface area (Å²) in [7, 11) is -4.23. The Labute approximate surface area is 175 Å². The summed E-state index contributed by atoms with van der Waals surface area (Å²) in [6, 6.07) is 6.45. The second-order valence-corrected chi connectivity index (χ2v) is 9.24. The number of anilines is 1. The Kier molecular flexibility index (Phi) is 5.19. The van der Waals surface area contributed by atoms with Gasteiger partial charge in [0.2, 0.25) is 10.0 Å². The molecule has 1 unspecified atom stereocenters. The molecule has 30 heavy (non-hydrogen) atoms. The molecule has 0 aromatic heterocycles. The van der Waals surface area contributed by atoms with Crippen molar-refractivity contribution in [3.63, 3.8) is 0 Å². The van der Waals surface area contributed by atoms with Gasteiger partial charge >= 0.3 is 6.18 Å². The van der Waals surface area contributed by atoms with Crippen LogP contribution in [0.4, 0.5) is 18.9 Å². The number of nitrogens with zero attached hydrogens (tertiary/aromatic N) is 1. The summed E-state index contributed by atoms with van der Waals surface area (Å²) in [4.78, 5) is 11.2. The van der Waals surface area contributed by atoms with Gasteiger partial charge in [-0.2, -0.15) is 17.5 Å². The molecule has 2 heterocycles. The topological polar surface area (TPSA) is 75.7 Å². The van der Waals surface area contributed by atoms with Gasteiger partial charge in [0.15, 0.2) is 6.61 Å². The normalized spacial score (nSPS) is 19.9. The summed E-state index contributed by atoms with van der Waals surface area (Å²) in [5, 5.41) is 2.37. The van der Waals surface area contributed by atoms with Crippen molar-refractivity contribution in [1.82, 2.24) is 4.31 Å². The number of carbonyl (C=O) groups excluding carboxylic acids is 1. The minimum Gasteiger partial charge on any atom is -0.482 e. The van der Waals surface area contributed by atoms with Gasteiger partial charge in [-0.1, -0.05) is 29.8 Å². The van der Waals surface area contributed by atoms with E-state index in [0.29, 0.717) is 6.42 Å². The van der Waals surface area contributed by atoms with Crippen molar-refractivity contribution in [2.75, 3.05) is 18.5 Å². The zero-order valence-electron chi connectivity index (χ0n) is 15.4. The van der Waals surface area contributed by atoms with Gasteiger partial charge in [-0.15, -0.1) is 0 Å². The number of amides is 1. The number of nitrogens with one attached hydrogen (secondary N) is 1. The van der Waals surface area contributed by atoms with Crippen LogP contribution in [0.2, 0.25) is 5.02 Å². The Morgan fingerprint density at radius 2 is 1.93 bits per heavy atom. The SMILES string of the molecule is O=C1COc2cc(S(=O)(=O)N3CCCC3c3ccccc3C(F)(F)F)c(Cl)cc2N1. The molecule has 2 aromatic carbocycles. The molecule has 0 spiro atoms. The Bertz CT molecular complexity index is 1120. The molecule has 0 radical (unpaired) electrons. The van der Waals surface area contributed by atoms with E-state index in [1.165, 1.54) is 30.3 Å². The van der Waals surface area contributed by atoms with Gasteiger partial charge in [0.05, 0.1) is 22.3 Å². The number of hydrogen-bond donors (Lipinski definition) is 1. The van der Waals surface area contributed by atoms with E-state index in [1.807, 2.05) is 0 Å². The highest BCUT2D eigenvalue weighted by molar-refractivity contribution is 7.89. The first-order valence-corrected chi connectivity index (χ1v) is 10.8. The zero-order valence-corrected chi connectivity index (χ0v) is 16.9. The smallest absolute Gasteiger partial charge is 0.416 e. The molecule has 4 rings (SSSR count). The van der Waals surface area contributed by atoms with E-state index in [1.54, 1.807) is 0 Å². The maximum atomic E-state index is 13.5. The molecule has 160 valence electrons. The van der Waals surface area contributed by atoms with Crippen LogP contribution in [0.1, 0.15) is 30.0 Å². The predicted molar refractivity (Wildman–Crippen MR) is 103 cm³/mol. The molecule has 1 atom stereocenters. The Morgan fingerprint density at radius 3 is 2.67 bits per heavy atom. The van der Waals surface area contributed by atoms with Crippen LogP contribution in [0.25, 0.3) is 0 Å². The number of sulfonamides is 1. The molecule has 1 fully saturated rings. The number of rotatable bonds is 3. The third kappa shape index (κ3) is 3.63. The molecule has 2 aliphatic heterocycles. The fraction of sp³-hybridized carbons (Fsp3) is 0.316. The van der Waals surface area contributed by atoms with Gasteiger partial charge in [0, 0.05) is 12.6 Å². The van der Waals surface area contributed by atoms with Crippen molar-refractivity contribution in [3.8, 4) is 5.75 Å². The lowest BCUT2D eigenvalue weighted by atomic mass is 9.99. The molecule has 0 aliphatic carbocycles. The number of halogens is 4. The first-order valence-electron chi connectivity index (χ1n) is 9.03. The van der Waals surface area contributed by atoms with E-state index in [-0.39, 0.29) is 46.5 Å². The van der Waals surface area contributed by atoms with Gasteiger partial charge in [0.1, 0.15) is 10.6 Å². The lowest BCUT2D eigenvalue weighted by Gasteiger charge is -2.28. The number of alkyl halides is 3. The Hall–Kier alpha value is -2.30. The highest BCUT2D eigenvalue weighted by atomic mass is 35.5. The van der Waals surface area contributed by atoms with Crippen LogP contribution in [0.15, 0.2) is 41.3 Å². The van der Waals surface area contributed by atoms with Crippen molar-refractivity contribution in [1.29, 1.82) is 0 Å². The predicted octanol–water partition coefficient (Wildman–Crippen LogP) is 4.22. The number of ether oxygens (including phenoxy) is 1. The highest BCUT2D eigenvalue weighted by Crippen LogP contribution is 2.44. The third-order valence-corrected chi connectivity index (χ3v) is 7.46. The van der Waals surface area contributed by atoms with E-state index in [2.05, 4.69) is 5.32 Å². The summed E-state index contributed by atoms with van der Waals surface area (Å²) in [6.45, 7) is -0.219. The Morgan fingerprint density at radius 1 is 1.20 bits per heavy atom. The molecule has 2 aromatic rings. The zero-order chi connectivity index (χ0) is 21.7. The molecule has 6 nitrogen and oxygen atoms in total. The molecule has 0 saturated carbocycles. The molecular formula is C19H16ClF3N2O4S. The second kappa shape index (κ2) is 7.44. The van der Waals surface area contributed by atoms with E-state index in [4.69, 9.17) is 16.3 Å². The molecule has 2 aliphatic rings. The van der Waals surface area contributed by atoms with E-state index in [0.717, 1.165) is 10.4 Å². The van der Waals surface area contributed by atoms with Gasteiger partial charge < -0.3 is 10.1 Å². The van der Waals surface area contributed by atoms with Gasteiger partial charge in [-0.3, -0.25) is 4.79 Å². The van der Waals surface area contributed by atoms with E-state index >= 15 is 0 Å².